The van der Waals surface area contributed by atoms with Crippen LogP contribution in [0.15, 0.2) is 54.7 Å². The Balaban J connectivity index is 1.55. The molecule has 2 aromatic carbocycles. The summed E-state index contributed by atoms with van der Waals surface area (Å²) in [5.74, 6) is -0.858. The summed E-state index contributed by atoms with van der Waals surface area (Å²) in [6.07, 6.45) is 2.21. The number of hydrogen-bond acceptors (Lipinski definition) is 3. The second kappa shape index (κ2) is 7.91. The van der Waals surface area contributed by atoms with Crippen LogP contribution >= 0.6 is 11.6 Å². The molecule has 3 aromatic rings. The summed E-state index contributed by atoms with van der Waals surface area (Å²) in [6.45, 7) is 2.26. The van der Waals surface area contributed by atoms with Crippen LogP contribution in [0.5, 0.6) is 0 Å². The molecule has 0 bridgehead atoms. The first-order valence-corrected chi connectivity index (χ1v) is 9.90. The van der Waals surface area contributed by atoms with E-state index in [1.807, 2.05) is 6.07 Å². The maximum absolute atomic E-state index is 13.2. The van der Waals surface area contributed by atoms with Crippen molar-refractivity contribution in [1.82, 2.24) is 14.7 Å². The maximum Gasteiger partial charge on any atom is 0.275 e. The Morgan fingerprint density at radius 1 is 1.20 bits per heavy atom. The molecule has 0 aliphatic carbocycles. The molecule has 0 radical (unpaired) electrons. The second-order valence-electron chi connectivity index (χ2n) is 7.24. The highest BCUT2D eigenvalue weighted by molar-refractivity contribution is 6.34. The molecule has 2 heterocycles. The summed E-state index contributed by atoms with van der Waals surface area (Å²) in [5.41, 5.74) is 2.21. The monoisotopic (exact) mass is 426 g/mol. The van der Waals surface area contributed by atoms with Crippen molar-refractivity contribution < 1.29 is 14.0 Å². The third-order valence-corrected chi connectivity index (χ3v) is 5.62. The molecule has 1 fully saturated rings. The van der Waals surface area contributed by atoms with Crippen LogP contribution in [0.3, 0.4) is 0 Å². The highest BCUT2D eigenvalue weighted by atomic mass is 35.5. The molecule has 0 N–H and O–H groups in total. The number of rotatable bonds is 4. The molecule has 6 nitrogen and oxygen atoms in total. The fourth-order valence-corrected chi connectivity index (χ4v) is 3.88. The van der Waals surface area contributed by atoms with Gasteiger partial charge in [0.15, 0.2) is 5.69 Å². The molecular weight excluding hydrogens is 407 g/mol. The molecule has 1 aromatic heterocycles. The van der Waals surface area contributed by atoms with Crippen molar-refractivity contribution >= 4 is 29.1 Å². The smallest absolute Gasteiger partial charge is 0.275 e. The molecule has 154 valence electrons. The minimum absolute atomic E-state index is 0.172. The zero-order chi connectivity index (χ0) is 21.4. The van der Waals surface area contributed by atoms with Gasteiger partial charge in [-0.05, 0) is 49.7 Å². The van der Waals surface area contributed by atoms with Crippen molar-refractivity contribution in [2.75, 3.05) is 18.5 Å². The Morgan fingerprint density at radius 2 is 1.90 bits per heavy atom. The summed E-state index contributed by atoms with van der Waals surface area (Å²) >= 11 is 6.24. The first-order chi connectivity index (χ1) is 14.4. The van der Waals surface area contributed by atoms with Crippen LogP contribution in [-0.2, 0) is 4.79 Å². The van der Waals surface area contributed by atoms with E-state index in [1.54, 1.807) is 55.4 Å². The number of anilines is 1. The van der Waals surface area contributed by atoms with Gasteiger partial charge in [0.2, 0.25) is 5.91 Å². The molecule has 1 aliphatic heterocycles. The lowest BCUT2D eigenvalue weighted by Gasteiger charge is -2.24. The number of likely N-dealkylation sites (N-methyl/N-ethyl adjacent to an activating group) is 1. The number of halogens is 2. The number of nitrogens with zero attached hydrogens (tertiary/aromatic N) is 4. The second-order valence-corrected chi connectivity index (χ2v) is 7.65. The van der Waals surface area contributed by atoms with Gasteiger partial charge in [-0.15, -0.1) is 0 Å². The summed E-state index contributed by atoms with van der Waals surface area (Å²) in [6, 6.07) is 12.4. The lowest BCUT2D eigenvalue weighted by atomic mass is 10.2. The first-order valence-electron chi connectivity index (χ1n) is 9.52. The van der Waals surface area contributed by atoms with Crippen LogP contribution < -0.4 is 4.90 Å². The van der Waals surface area contributed by atoms with E-state index < -0.39 is 6.04 Å². The third-order valence-electron chi connectivity index (χ3n) is 5.30. The van der Waals surface area contributed by atoms with E-state index >= 15 is 0 Å². The van der Waals surface area contributed by atoms with Crippen LogP contribution in [0.4, 0.5) is 10.1 Å². The average Bonchev–Trinajstić information content (AvgIpc) is 3.31. The van der Waals surface area contributed by atoms with Crippen LogP contribution in [0.1, 0.15) is 22.5 Å². The SMILES string of the molecule is Cc1cn(-c2ccc(F)cc2)nc1C(=O)N(C)C1CCN(c2ccccc2Cl)C1=O. The average molecular weight is 427 g/mol. The van der Waals surface area contributed by atoms with Gasteiger partial charge >= 0.3 is 0 Å². The molecule has 0 spiro atoms. The number of para-hydroxylation sites is 1. The topological polar surface area (TPSA) is 58.4 Å². The predicted octanol–water partition coefficient (Wildman–Crippen LogP) is 3.85. The normalized spacial score (nSPS) is 16.2. The molecular formula is C22H20ClFN4O2. The minimum Gasteiger partial charge on any atom is -0.328 e. The Hall–Kier alpha value is -3.19. The van der Waals surface area contributed by atoms with Gasteiger partial charge in [0, 0.05) is 25.4 Å². The minimum atomic E-state index is -0.593. The number of aromatic nitrogens is 2. The van der Waals surface area contributed by atoms with Crippen molar-refractivity contribution in [2.24, 2.45) is 0 Å². The van der Waals surface area contributed by atoms with Gasteiger partial charge in [-0.1, -0.05) is 23.7 Å². The number of aryl methyl sites for hydroxylation is 1. The van der Waals surface area contributed by atoms with Gasteiger partial charge in [0.05, 0.1) is 16.4 Å². The number of hydrogen-bond donors (Lipinski definition) is 0. The van der Waals surface area contributed by atoms with Gasteiger partial charge in [-0.2, -0.15) is 5.10 Å². The van der Waals surface area contributed by atoms with Crippen molar-refractivity contribution in [3.8, 4) is 5.69 Å². The van der Waals surface area contributed by atoms with Crippen molar-refractivity contribution in [3.05, 3.63) is 76.8 Å². The maximum atomic E-state index is 13.2. The zero-order valence-corrected chi connectivity index (χ0v) is 17.3. The highest BCUT2D eigenvalue weighted by Crippen LogP contribution is 2.30. The number of carbonyl (C=O) groups excluding carboxylic acids is 2. The van der Waals surface area contributed by atoms with Crippen LogP contribution in [0, 0.1) is 12.7 Å². The number of carbonyl (C=O) groups is 2. The fourth-order valence-electron chi connectivity index (χ4n) is 3.64. The Labute approximate surface area is 178 Å². The zero-order valence-electron chi connectivity index (χ0n) is 16.5. The van der Waals surface area contributed by atoms with Crippen molar-refractivity contribution in [1.29, 1.82) is 0 Å². The van der Waals surface area contributed by atoms with E-state index in [1.165, 1.54) is 21.7 Å². The first kappa shape index (κ1) is 20.1. The quantitative estimate of drug-likeness (QED) is 0.636. The predicted molar refractivity (Wildman–Crippen MR) is 113 cm³/mol. The van der Waals surface area contributed by atoms with E-state index in [2.05, 4.69) is 5.10 Å². The Morgan fingerprint density at radius 3 is 2.60 bits per heavy atom. The summed E-state index contributed by atoms with van der Waals surface area (Å²) in [7, 11) is 1.61. The molecule has 4 rings (SSSR count). The van der Waals surface area contributed by atoms with Crippen molar-refractivity contribution in [3.63, 3.8) is 0 Å². The molecule has 1 saturated heterocycles. The van der Waals surface area contributed by atoms with E-state index in [0.29, 0.717) is 34.9 Å². The molecule has 0 saturated carbocycles. The molecule has 8 heteroatoms. The van der Waals surface area contributed by atoms with E-state index in [-0.39, 0.29) is 23.3 Å². The largest absolute Gasteiger partial charge is 0.328 e. The Bertz CT molecular complexity index is 1110. The molecule has 1 unspecified atom stereocenters. The lowest BCUT2D eigenvalue weighted by Crippen LogP contribution is -2.43. The number of benzene rings is 2. The fraction of sp³-hybridized carbons (Fsp3) is 0.227. The lowest BCUT2D eigenvalue weighted by molar-refractivity contribution is -0.120. The molecule has 30 heavy (non-hydrogen) atoms. The summed E-state index contributed by atoms with van der Waals surface area (Å²) in [4.78, 5) is 29.1. The summed E-state index contributed by atoms with van der Waals surface area (Å²) in [5, 5.41) is 4.87. The van der Waals surface area contributed by atoms with Gasteiger partial charge in [-0.3, -0.25) is 9.59 Å². The molecule has 1 atom stereocenters. The van der Waals surface area contributed by atoms with E-state index in [9.17, 15) is 14.0 Å². The van der Waals surface area contributed by atoms with E-state index in [0.717, 1.165) is 0 Å². The molecule has 1 aliphatic rings. The standard InChI is InChI=1S/C22H20ClFN4O2/c1-14-13-28(16-9-7-15(24)8-10-16)25-20(14)22(30)26(2)19-11-12-27(21(19)29)18-6-4-3-5-17(18)23/h3-10,13,19H,11-12H2,1-2H3. The summed E-state index contributed by atoms with van der Waals surface area (Å²) < 4.78 is 14.7. The van der Waals surface area contributed by atoms with Crippen molar-refractivity contribution in [2.45, 2.75) is 19.4 Å². The van der Waals surface area contributed by atoms with E-state index in [4.69, 9.17) is 11.6 Å². The third kappa shape index (κ3) is 3.57. The molecule has 2 amide bonds. The Kier molecular flexibility index (Phi) is 5.30. The van der Waals surface area contributed by atoms with Gasteiger partial charge in [-0.25, -0.2) is 9.07 Å². The van der Waals surface area contributed by atoms with Crippen LogP contribution in [0.2, 0.25) is 5.02 Å². The van der Waals surface area contributed by atoms with Gasteiger partial charge < -0.3 is 9.80 Å². The van der Waals surface area contributed by atoms with Crippen LogP contribution in [0.25, 0.3) is 5.69 Å². The van der Waals surface area contributed by atoms with Crippen LogP contribution in [-0.4, -0.2) is 46.1 Å². The number of amides is 2. The van der Waals surface area contributed by atoms with Gasteiger partial charge in [0.1, 0.15) is 11.9 Å². The van der Waals surface area contributed by atoms with Gasteiger partial charge in [0.25, 0.3) is 5.91 Å². The highest BCUT2D eigenvalue weighted by Gasteiger charge is 2.38.